The van der Waals surface area contributed by atoms with Gasteiger partial charge in [-0.2, -0.15) is 13.7 Å². The molecule has 0 aliphatic rings. The fraction of sp³-hybridized carbons (Fsp3) is 0.200. The zero-order valence-corrected chi connectivity index (χ0v) is 7.84. The van der Waals surface area contributed by atoms with Crippen LogP contribution in [0.25, 0.3) is 0 Å². The molecule has 2 aromatic heterocycles. The molecule has 0 atom stereocenters. The molecule has 0 amide bonds. The second-order valence-corrected chi connectivity index (χ2v) is 2.99. The Balaban J connectivity index is 1.97. The lowest BCUT2D eigenvalue weighted by Gasteiger charge is -1.96. The average molecular weight is 218 g/mol. The lowest BCUT2D eigenvalue weighted by Crippen LogP contribution is -2.01. The molecule has 0 aromatic carbocycles. The highest BCUT2D eigenvalue weighted by atomic mass is 35.5. The summed E-state index contributed by atoms with van der Waals surface area (Å²) in [6, 6.07) is 0. The maximum Gasteiger partial charge on any atom is 0.213 e. The van der Waals surface area contributed by atoms with Crippen LogP contribution in [-0.4, -0.2) is 18.9 Å². The molecule has 0 unspecified atom stereocenters. The van der Waals surface area contributed by atoms with Crippen LogP contribution in [0.5, 0.6) is 0 Å². The van der Waals surface area contributed by atoms with Gasteiger partial charge in [-0.25, -0.2) is 0 Å². The van der Waals surface area contributed by atoms with E-state index >= 15 is 0 Å². The first-order valence-electron chi connectivity index (χ1n) is 3.33. The summed E-state index contributed by atoms with van der Waals surface area (Å²) < 4.78 is 12.2. The Morgan fingerprint density at radius 3 is 3.08 bits per heavy atom. The Hall–Kier alpha value is -1.21. The lowest BCUT2D eigenvalue weighted by molar-refractivity contribution is 0.411. The quantitative estimate of drug-likeness (QED) is 0.832. The van der Waals surface area contributed by atoms with E-state index in [1.54, 1.807) is 0 Å². The molecule has 0 saturated heterocycles. The van der Waals surface area contributed by atoms with Crippen LogP contribution in [0.2, 0.25) is 5.15 Å². The summed E-state index contributed by atoms with van der Waals surface area (Å²) in [4.78, 5) is 3.82. The predicted octanol–water partition coefficient (Wildman–Crippen LogP) is 1.19. The van der Waals surface area contributed by atoms with Crippen molar-refractivity contribution >= 4 is 29.1 Å². The van der Waals surface area contributed by atoms with Crippen LogP contribution < -0.4 is 5.32 Å². The van der Waals surface area contributed by atoms with E-state index in [9.17, 15) is 0 Å². The van der Waals surface area contributed by atoms with Crippen molar-refractivity contribution in [1.82, 2.24) is 18.9 Å². The van der Waals surface area contributed by atoms with Gasteiger partial charge in [0.2, 0.25) is 6.39 Å². The SMILES string of the molecule is Clc1nsnc1NCc1ncon1. The molecular weight excluding hydrogens is 214 g/mol. The average Bonchev–Trinajstić information content (AvgIpc) is 2.72. The third-order valence-corrected chi connectivity index (χ3v) is 2.16. The molecule has 0 saturated carbocycles. The van der Waals surface area contributed by atoms with E-state index in [4.69, 9.17) is 11.6 Å². The molecule has 0 bridgehead atoms. The standard InChI is InChI=1S/C5H4ClN5OS/c6-4-5(11-13-10-4)7-1-3-8-2-12-9-3/h2H,1H2,(H,7,11). The largest absolute Gasteiger partial charge is 0.359 e. The van der Waals surface area contributed by atoms with E-state index in [2.05, 4.69) is 28.7 Å². The van der Waals surface area contributed by atoms with Crippen molar-refractivity contribution in [1.29, 1.82) is 0 Å². The maximum absolute atomic E-state index is 5.69. The van der Waals surface area contributed by atoms with Crippen LogP contribution in [-0.2, 0) is 6.54 Å². The number of halogens is 1. The fourth-order valence-electron chi connectivity index (χ4n) is 0.716. The summed E-state index contributed by atoms with van der Waals surface area (Å²) in [6.45, 7) is 0.418. The molecule has 0 aliphatic heterocycles. The van der Waals surface area contributed by atoms with E-state index in [1.165, 1.54) is 6.39 Å². The summed E-state index contributed by atoms with van der Waals surface area (Å²) in [5.41, 5.74) is 0. The van der Waals surface area contributed by atoms with E-state index in [-0.39, 0.29) is 0 Å². The van der Waals surface area contributed by atoms with Crippen molar-refractivity contribution in [3.63, 3.8) is 0 Å². The van der Waals surface area contributed by atoms with Crippen LogP contribution in [0, 0.1) is 0 Å². The Morgan fingerprint density at radius 1 is 1.54 bits per heavy atom. The van der Waals surface area contributed by atoms with Crippen LogP contribution in [0.1, 0.15) is 5.82 Å². The maximum atomic E-state index is 5.69. The summed E-state index contributed by atoms with van der Waals surface area (Å²) in [5.74, 6) is 1.08. The third kappa shape index (κ3) is 1.93. The van der Waals surface area contributed by atoms with Crippen LogP contribution >= 0.6 is 23.3 Å². The molecule has 2 rings (SSSR count). The molecule has 2 heterocycles. The summed E-state index contributed by atoms with van der Waals surface area (Å²) in [5, 5.41) is 6.88. The van der Waals surface area contributed by atoms with Crippen LogP contribution in [0.15, 0.2) is 10.9 Å². The lowest BCUT2D eigenvalue weighted by atomic mass is 10.6. The summed E-state index contributed by atoms with van der Waals surface area (Å²) in [7, 11) is 0. The minimum absolute atomic E-state index is 0.355. The van der Waals surface area contributed by atoms with Crippen LogP contribution in [0.4, 0.5) is 5.82 Å². The predicted molar refractivity (Wildman–Crippen MR) is 46.5 cm³/mol. The monoisotopic (exact) mass is 217 g/mol. The van der Waals surface area contributed by atoms with Gasteiger partial charge in [-0.05, 0) is 0 Å². The van der Waals surface area contributed by atoms with Crippen molar-refractivity contribution in [3.8, 4) is 0 Å². The van der Waals surface area contributed by atoms with Crippen molar-refractivity contribution < 1.29 is 4.52 Å². The van der Waals surface area contributed by atoms with Gasteiger partial charge >= 0.3 is 0 Å². The van der Waals surface area contributed by atoms with Gasteiger partial charge in [-0.3, -0.25) is 0 Å². The topological polar surface area (TPSA) is 76.7 Å². The number of aromatic nitrogens is 4. The third-order valence-electron chi connectivity index (χ3n) is 1.27. The zero-order valence-electron chi connectivity index (χ0n) is 6.27. The second kappa shape index (κ2) is 3.67. The van der Waals surface area contributed by atoms with E-state index in [0.717, 1.165) is 11.7 Å². The first-order valence-corrected chi connectivity index (χ1v) is 4.44. The first kappa shape index (κ1) is 8.39. The number of hydrogen-bond donors (Lipinski definition) is 1. The van der Waals surface area contributed by atoms with Gasteiger partial charge in [0.1, 0.15) is 0 Å². The Morgan fingerprint density at radius 2 is 2.46 bits per heavy atom. The van der Waals surface area contributed by atoms with Gasteiger partial charge in [0.15, 0.2) is 16.8 Å². The fourth-order valence-corrected chi connectivity index (χ4v) is 1.40. The Labute approximate surface area is 82.3 Å². The zero-order chi connectivity index (χ0) is 9.10. The van der Waals surface area contributed by atoms with Gasteiger partial charge < -0.3 is 9.84 Å². The number of rotatable bonds is 3. The van der Waals surface area contributed by atoms with E-state index < -0.39 is 0 Å². The normalized spacial score (nSPS) is 10.2. The summed E-state index contributed by atoms with van der Waals surface area (Å²) in [6.07, 6.45) is 1.26. The second-order valence-electron chi connectivity index (χ2n) is 2.10. The Bertz CT molecular complexity index is 374. The van der Waals surface area contributed by atoms with Crippen LogP contribution in [0.3, 0.4) is 0 Å². The molecule has 2 aromatic rings. The Kier molecular flexibility index (Phi) is 2.37. The molecule has 0 spiro atoms. The van der Waals surface area contributed by atoms with Crippen molar-refractivity contribution in [2.45, 2.75) is 6.54 Å². The van der Waals surface area contributed by atoms with Gasteiger partial charge in [0.05, 0.1) is 18.3 Å². The summed E-state index contributed by atoms with van der Waals surface area (Å²) >= 11 is 6.73. The molecule has 0 aliphatic carbocycles. The molecular formula is C5H4ClN5OS. The van der Waals surface area contributed by atoms with Gasteiger partial charge in [0, 0.05) is 0 Å². The van der Waals surface area contributed by atoms with Crippen molar-refractivity contribution in [2.75, 3.05) is 5.32 Å². The minimum atomic E-state index is 0.355. The molecule has 1 N–H and O–H groups in total. The van der Waals surface area contributed by atoms with Gasteiger partial charge in [-0.15, -0.1) is 0 Å². The molecule has 0 radical (unpaired) electrons. The number of nitrogens with one attached hydrogen (secondary N) is 1. The highest BCUT2D eigenvalue weighted by molar-refractivity contribution is 6.99. The highest BCUT2D eigenvalue weighted by Crippen LogP contribution is 2.17. The molecule has 8 heteroatoms. The minimum Gasteiger partial charge on any atom is -0.359 e. The number of hydrogen-bond acceptors (Lipinski definition) is 7. The smallest absolute Gasteiger partial charge is 0.213 e. The molecule has 0 fully saturated rings. The molecule has 68 valence electrons. The number of anilines is 1. The van der Waals surface area contributed by atoms with E-state index in [1.807, 2.05) is 0 Å². The molecule has 6 nitrogen and oxygen atoms in total. The van der Waals surface area contributed by atoms with E-state index in [0.29, 0.717) is 23.3 Å². The van der Waals surface area contributed by atoms with Crippen molar-refractivity contribution in [2.24, 2.45) is 0 Å². The first-order chi connectivity index (χ1) is 6.36. The highest BCUT2D eigenvalue weighted by Gasteiger charge is 2.05. The van der Waals surface area contributed by atoms with Gasteiger partial charge in [-0.1, -0.05) is 16.8 Å². The van der Waals surface area contributed by atoms with Gasteiger partial charge in [0.25, 0.3) is 0 Å². The van der Waals surface area contributed by atoms with Crippen molar-refractivity contribution in [3.05, 3.63) is 17.4 Å². The molecule has 13 heavy (non-hydrogen) atoms. The number of nitrogens with zero attached hydrogens (tertiary/aromatic N) is 4.